The molecule has 0 aromatic carbocycles. The summed E-state index contributed by atoms with van der Waals surface area (Å²) in [6.45, 7) is 4.59. The van der Waals surface area contributed by atoms with Crippen LogP contribution < -0.4 is 5.01 Å². The molecule has 0 bridgehead atoms. The van der Waals surface area contributed by atoms with E-state index in [4.69, 9.17) is 0 Å². The van der Waals surface area contributed by atoms with E-state index in [1.54, 1.807) is 0 Å². The largest absolute Gasteiger partial charge is 0.311 e. The van der Waals surface area contributed by atoms with E-state index < -0.39 is 0 Å². The monoisotopic (exact) mass is 165 g/mol. The molecular weight excluding hydrogens is 150 g/mol. The van der Waals surface area contributed by atoms with Gasteiger partial charge >= 0.3 is 0 Å². The lowest BCUT2D eigenvalue weighted by molar-refractivity contribution is 0.287. The van der Waals surface area contributed by atoms with Gasteiger partial charge in [-0.05, 0) is 19.2 Å². The summed E-state index contributed by atoms with van der Waals surface area (Å²) in [7, 11) is 2.17. The van der Waals surface area contributed by atoms with E-state index in [0.29, 0.717) is 0 Å². The van der Waals surface area contributed by atoms with Crippen LogP contribution in [-0.4, -0.2) is 42.8 Å². The molecule has 1 aliphatic heterocycles. The molecule has 0 N–H and O–H groups in total. The molecule has 2 heterocycles. The zero-order valence-electron chi connectivity index (χ0n) is 7.48. The van der Waals surface area contributed by atoms with Crippen LogP contribution in [-0.2, 0) is 0 Å². The molecular formula is C9H15N3. The summed E-state index contributed by atoms with van der Waals surface area (Å²) in [5.41, 5.74) is 0. The minimum absolute atomic E-state index is 1.13. The van der Waals surface area contributed by atoms with Crippen molar-refractivity contribution < 1.29 is 0 Å². The summed E-state index contributed by atoms with van der Waals surface area (Å²) in [5, 5.41) is 2.36. The zero-order valence-corrected chi connectivity index (χ0v) is 7.48. The van der Waals surface area contributed by atoms with Gasteiger partial charge in [-0.3, -0.25) is 4.68 Å². The van der Waals surface area contributed by atoms with Crippen LogP contribution in [0.3, 0.4) is 0 Å². The van der Waals surface area contributed by atoms with Gasteiger partial charge in [0.1, 0.15) is 0 Å². The minimum atomic E-state index is 1.13. The lowest BCUT2D eigenvalue weighted by atomic mass is 10.4. The van der Waals surface area contributed by atoms with Crippen LogP contribution in [0.4, 0.5) is 0 Å². The summed E-state index contributed by atoms with van der Waals surface area (Å²) in [6, 6.07) is 4.14. The van der Waals surface area contributed by atoms with E-state index in [-0.39, 0.29) is 0 Å². The Labute approximate surface area is 73.2 Å². The molecule has 66 valence electrons. The summed E-state index contributed by atoms with van der Waals surface area (Å²) in [5.74, 6) is 0. The molecule has 0 unspecified atom stereocenters. The first-order valence-electron chi connectivity index (χ1n) is 4.43. The van der Waals surface area contributed by atoms with Crippen molar-refractivity contribution >= 4 is 0 Å². The number of aromatic nitrogens is 1. The van der Waals surface area contributed by atoms with Crippen molar-refractivity contribution in [3.05, 3.63) is 24.5 Å². The Morgan fingerprint density at radius 2 is 1.50 bits per heavy atom. The standard InChI is InChI=1S/C9H15N3/c1-10-6-8-12(9-7-10)11-4-2-3-5-11/h2-5H,6-9H2,1H3. The third-order valence-corrected chi connectivity index (χ3v) is 2.39. The van der Waals surface area contributed by atoms with E-state index in [1.165, 1.54) is 0 Å². The lowest BCUT2D eigenvalue weighted by Gasteiger charge is -2.34. The van der Waals surface area contributed by atoms with Crippen molar-refractivity contribution in [1.29, 1.82) is 0 Å². The van der Waals surface area contributed by atoms with Crippen molar-refractivity contribution in [1.82, 2.24) is 9.58 Å². The molecule has 3 heteroatoms. The quantitative estimate of drug-likeness (QED) is 0.595. The minimum Gasteiger partial charge on any atom is -0.311 e. The summed E-state index contributed by atoms with van der Waals surface area (Å²) < 4.78 is 2.17. The Kier molecular flexibility index (Phi) is 2.04. The molecule has 1 aromatic rings. The number of likely N-dealkylation sites (N-methyl/N-ethyl adjacent to an activating group) is 1. The first-order valence-corrected chi connectivity index (χ1v) is 4.43. The van der Waals surface area contributed by atoms with Gasteiger partial charge in [0.25, 0.3) is 0 Å². The molecule has 0 amide bonds. The van der Waals surface area contributed by atoms with Gasteiger partial charge in [-0.25, -0.2) is 0 Å². The third kappa shape index (κ3) is 1.46. The highest BCUT2D eigenvalue weighted by atomic mass is 15.6. The zero-order chi connectivity index (χ0) is 8.39. The maximum atomic E-state index is 2.36. The van der Waals surface area contributed by atoms with Crippen LogP contribution in [0, 0.1) is 0 Å². The Morgan fingerprint density at radius 1 is 0.917 bits per heavy atom. The molecule has 0 saturated carbocycles. The lowest BCUT2D eigenvalue weighted by Crippen LogP contribution is -2.49. The highest BCUT2D eigenvalue weighted by molar-refractivity contribution is 4.99. The fraction of sp³-hybridized carbons (Fsp3) is 0.556. The number of piperazine rings is 1. The average Bonchev–Trinajstić information content (AvgIpc) is 2.58. The normalized spacial score (nSPS) is 19.9. The highest BCUT2D eigenvalue weighted by Gasteiger charge is 2.12. The van der Waals surface area contributed by atoms with Crippen molar-refractivity contribution in [2.45, 2.75) is 0 Å². The summed E-state index contributed by atoms with van der Waals surface area (Å²) in [6.07, 6.45) is 4.20. The van der Waals surface area contributed by atoms with E-state index in [1.807, 2.05) is 0 Å². The molecule has 1 aromatic heterocycles. The molecule has 1 fully saturated rings. The Hall–Kier alpha value is -0.960. The predicted octanol–water partition coefficient (Wildman–Crippen LogP) is 0.371. The van der Waals surface area contributed by atoms with Gasteiger partial charge < -0.3 is 9.91 Å². The highest BCUT2D eigenvalue weighted by Crippen LogP contribution is 1.99. The van der Waals surface area contributed by atoms with Gasteiger partial charge in [0.15, 0.2) is 0 Å². The van der Waals surface area contributed by atoms with E-state index in [0.717, 1.165) is 26.2 Å². The van der Waals surface area contributed by atoms with Crippen molar-refractivity contribution in [3.63, 3.8) is 0 Å². The van der Waals surface area contributed by atoms with Crippen LogP contribution in [0.25, 0.3) is 0 Å². The Morgan fingerprint density at radius 3 is 2.08 bits per heavy atom. The molecule has 2 rings (SSSR count). The molecule has 0 atom stereocenters. The molecule has 0 spiro atoms. The molecule has 0 radical (unpaired) electrons. The van der Waals surface area contributed by atoms with Gasteiger partial charge in [-0.15, -0.1) is 0 Å². The van der Waals surface area contributed by atoms with Gasteiger partial charge in [0, 0.05) is 38.6 Å². The van der Waals surface area contributed by atoms with Crippen LogP contribution >= 0.6 is 0 Å². The maximum Gasteiger partial charge on any atom is 0.0472 e. The average molecular weight is 165 g/mol. The second-order valence-corrected chi connectivity index (χ2v) is 3.32. The summed E-state index contributed by atoms with van der Waals surface area (Å²) in [4.78, 5) is 2.36. The van der Waals surface area contributed by atoms with Crippen LogP contribution in [0.1, 0.15) is 0 Å². The number of rotatable bonds is 1. The molecule has 1 saturated heterocycles. The predicted molar refractivity (Wildman–Crippen MR) is 49.9 cm³/mol. The summed E-state index contributed by atoms with van der Waals surface area (Å²) >= 11 is 0. The number of hydrogen-bond donors (Lipinski definition) is 0. The second-order valence-electron chi connectivity index (χ2n) is 3.32. The van der Waals surface area contributed by atoms with Crippen molar-refractivity contribution in [2.24, 2.45) is 0 Å². The second kappa shape index (κ2) is 3.19. The fourth-order valence-corrected chi connectivity index (χ4v) is 1.54. The van der Waals surface area contributed by atoms with Crippen LogP contribution in [0.15, 0.2) is 24.5 Å². The SMILES string of the molecule is CN1CCN(n2cccc2)CC1. The van der Waals surface area contributed by atoms with Gasteiger partial charge in [0.05, 0.1) is 0 Å². The van der Waals surface area contributed by atoms with E-state index in [2.05, 4.69) is 46.2 Å². The van der Waals surface area contributed by atoms with E-state index in [9.17, 15) is 0 Å². The molecule has 0 aliphatic carbocycles. The number of hydrogen-bond acceptors (Lipinski definition) is 2. The Balaban J connectivity index is 1.99. The third-order valence-electron chi connectivity index (χ3n) is 2.39. The molecule has 1 aliphatic rings. The van der Waals surface area contributed by atoms with Gasteiger partial charge in [-0.1, -0.05) is 0 Å². The van der Waals surface area contributed by atoms with E-state index >= 15 is 0 Å². The Bertz CT molecular complexity index is 222. The fourth-order valence-electron chi connectivity index (χ4n) is 1.54. The van der Waals surface area contributed by atoms with Gasteiger partial charge in [0.2, 0.25) is 0 Å². The van der Waals surface area contributed by atoms with Gasteiger partial charge in [-0.2, -0.15) is 0 Å². The first-order chi connectivity index (χ1) is 5.86. The molecule has 12 heavy (non-hydrogen) atoms. The van der Waals surface area contributed by atoms with Crippen molar-refractivity contribution in [3.8, 4) is 0 Å². The van der Waals surface area contributed by atoms with Crippen molar-refractivity contribution in [2.75, 3.05) is 38.2 Å². The topological polar surface area (TPSA) is 11.4 Å². The first kappa shape index (κ1) is 7.68. The molecule has 3 nitrogen and oxygen atoms in total. The number of nitrogens with zero attached hydrogens (tertiary/aromatic N) is 3. The van der Waals surface area contributed by atoms with Crippen LogP contribution in [0.5, 0.6) is 0 Å². The smallest absolute Gasteiger partial charge is 0.0472 e. The van der Waals surface area contributed by atoms with Crippen LogP contribution in [0.2, 0.25) is 0 Å². The maximum absolute atomic E-state index is 2.36.